The van der Waals surface area contributed by atoms with Crippen LogP contribution in [0.3, 0.4) is 0 Å². The Morgan fingerprint density at radius 3 is 2.43 bits per heavy atom. The van der Waals surface area contributed by atoms with E-state index in [0.29, 0.717) is 12.2 Å². The van der Waals surface area contributed by atoms with Gasteiger partial charge in [0.2, 0.25) is 0 Å². The van der Waals surface area contributed by atoms with Crippen molar-refractivity contribution in [2.75, 3.05) is 26.7 Å². The maximum absolute atomic E-state index is 5.91. The Labute approximate surface area is 87.8 Å². The molecule has 2 saturated heterocycles. The molecule has 2 aliphatic heterocycles. The number of nitrogens with zero attached hydrogens (tertiary/aromatic N) is 1. The molecule has 0 amide bonds. The first-order chi connectivity index (χ1) is 6.68. The van der Waals surface area contributed by atoms with Gasteiger partial charge in [-0.2, -0.15) is 0 Å². The standard InChI is InChI=1S/C12H24NO/c1-11-6-7-12(14-11)10-13(2)8-4-3-5-9-13/h11-12H,3-10H2,1-2H3/q+1. The Hall–Kier alpha value is -0.0800. The second-order valence-electron chi connectivity index (χ2n) is 5.46. The van der Waals surface area contributed by atoms with E-state index in [4.69, 9.17) is 4.74 Å². The van der Waals surface area contributed by atoms with Gasteiger partial charge in [0.05, 0.1) is 26.2 Å². The molecule has 82 valence electrons. The van der Waals surface area contributed by atoms with E-state index >= 15 is 0 Å². The molecule has 0 saturated carbocycles. The summed E-state index contributed by atoms with van der Waals surface area (Å²) in [7, 11) is 2.41. The quantitative estimate of drug-likeness (QED) is 0.618. The maximum Gasteiger partial charge on any atom is 0.107 e. The summed E-state index contributed by atoms with van der Waals surface area (Å²) in [6.45, 7) is 6.20. The van der Waals surface area contributed by atoms with Crippen LogP contribution in [0.5, 0.6) is 0 Å². The van der Waals surface area contributed by atoms with Crippen molar-refractivity contribution in [2.24, 2.45) is 0 Å². The van der Waals surface area contributed by atoms with Gasteiger partial charge in [-0.05, 0) is 39.0 Å². The van der Waals surface area contributed by atoms with E-state index in [1.807, 2.05) is 0 Å². The molecule has 2 heteroatoms. The summed E-state index contributed by atoms with van der Waals surface area (Å²) >= 11 is 0. The molecule has 14 heavy (non-hydrogen) atoms. The van der Waals surface area contributed by atoms with Gasteiger partial charge in [-0.3, -0.25) is 0 Å². The summed E-state index contributed by atoms with van der Waals surface area (Å²) in [4.78, 5) is 0. The number of quaternary nitrogens is 1. The van der Waals surface area contributed by atoms with Crippen LogP contribution in [-0.2, 0) is 4.74 Å². The first-order valence-corrected chi connectivity index (χ1v) is 6.17. The number of likely N-dealkylation sites (tertiary alicyclic amines) is 1. The van der Waals surface area contributed by atoms with Crippen molar-refractivity contribution in [2.45, 2.75) is 51.2 Å². The van der Waals surface area contributed by atoms with Gasteiger partial charge in [0.15, 0.2) is 0 Å². The molecule has 2 rings (SSSR count). The Morgan fingerprint density at radius 2 is 1.86 bits per heavy atom. The SMILES string of the molecule is CC1CCC(C[N+]2(C)CCCCC2)O1. The van der Waals surface area contributed by atoms with Gasteiger partial charge < -0.3 is 9.22 Å². The molecule has 0 bridgehead atoms. The molecule has 2 fully saturated rings. The molecule has 2 aliphatic rings. The lowest BCUT2D eigenvalue weighted by Gasteiger charge is -2.39. The van der Waals surface area contributed by atoms with Gasteiger partial charge in [-0.15, -0.1) is 0 Å². The second-order valence-corrected chi connectivity index (χ2v) is 5.46. The normalized spacial score (nSPS) is 37.3. The molecule has 2 unspecified atom stereocenters. The lowest BCUT2D eigenvalue weighted by Crippen LogP contribution is -2.51. The van der Waals surface area contributed by atoms with Crippen molar-refractivity contribution in [3.63, 3.8) is 0 Å². The van der Waals surface area contributed by atoms with E-state index in [1.54, 1.807) is 0 Å². The first-order valence-electron chi connectivity index (χ1n) is 6.17. The fraction of sp³-hybridized carbons (Fsp3) is 1.00. The van der Waals surface area contributed by atoms with Crippen molar-refractivity contribution < 1.29 is 9.22 Å². The number of ether oxygens (including phenoxy) is 1. The average molecular weight is 198 g/mol. The molecule has 0 spiro atoms. The highest BCUT2D eigenvalue weighted by Crippen LogP contribution is 2.24. The van der Waals surface area contributed by atoms with Crippen LogP contribution in [0.2, 0.25) is 0 Å². The summed E-state index contributed by atoms with van der Waals surface area (Å²) in [6.07, 6.45) is 7.89. The molecule has 2 nitrogen and oxygen atoms in total. The van der Waals surface area contributed by atoms with Gasteiger partial charge in [0, 0.05) is 0 Å². The van der Waals surface area contributed by atoms with Gasteiger partial charge in [0.25, 0.3) is 0 Å². The fourth-order valence-corrected chi connectivity index (χ4v) is 2.97. The van der Waals surface area contributed by atoms with Gasteiger partial charge in [-0.25, -0.2) is 0 Å². The lowest BCUT2D eigenvalue weighted by atomic mass is 10.1. The lowest BCUT2D eigenvalue weighted by molar-refractivity contribution is -0.916. The summed E-state index contributed by atoms with van der Waals surface area (Å²) < 4.78 is 7.17. The van der Waals surface area contributed by atoms with E-state index < -0.39 is 0 Å². The molecular weight excluding hydrogens is 174 g/mol. The van der Waals surface area contributed by atoms with Gasteiger partial charge in [0.1, 0.15) is 12.6 Å². The van der Waals surface area contributed by atoms with Crippen molar-refractivity contribution in [3.05, 3.63) is 0 Å². The topological polar surface area (TPSA) is 9.23 Å². The van der Waals surface area contributed by atoms with Crippen LogP contribution in [-0.4, -0.2) is 43.4 Å². The highest BCUT2D eigenvalue weighted by Gasteiger charge is 2.32. The molecule has 2 atom stereocenters. The van der Waals surface area contributed by atoms with Crippen molar-refractivity contribution >= 4 is 0 Å². The van der Waals surface area contributed by atoms with E-state index in [1.165, 1.54) is 56.2 Å². The molecule has 0 aromatic carbocycles. The smallest absolute Gasteiger partial charge is 0.107 e. The zero-order valence-electron chi connectivity index (χ0n) is 9.67. The second kappa shape index (κ2) is 4.19. The fourth-order valence-electron chi connectivity index (χ4n) is 2.97. The molecule has 0 N–H and O–H groups in total. The Balaban J connectivity index is 1.83. The molecule has 2 heterocycles. The van der Waals surface area contributed by atoms with E-state index in [-0.39, 0.29) is 0 Å². The number of hydrogen-bond donors (Lipinski definition) is 0. The number of likely N-dealkylation sites (N-methyl/N-ethyl adjacent to an activating group) is 1. The number of rotatable bonds is 2. The van der Waals surface area contributed by atoms with E-state index in [0.717, 1.165) is 0 Å². The third kappa shape index (κ3) is 2.48. The Morgan fingerprint density at radius 1 is 1.14 bits per heavy atom. The highest BCUT2D eigenvalue weighted by atomic mass is 16.5. The van der Waals surface area contributed by atoms with Crippen LogP contribution in [0.15, 0.2) is 0 Å². The summed E-state index contributed by atoms with van der Waals surface area (Å²) in [5.41, 5.74) is 0. The minimum atomic E-state index is 0.511. The minimum absolute atomic E-state index is 0.511. The Kier molecular flexibility index (Phi) is 3.13. The number of hydrogen-bond acceptors (Lipinski definition) is 1. The summed E-state index contributed by atoms with van der Waals surface area (Å²) in [5.74, 6) is 0. The average Bonchev–Trinajstić information content (AvgIpc) is 2.51. The number of piperidine rings is 1. The van der Waals surface area contributed by atoms with Crippen molar-refractivity contribution in [3.8, 4) is 0 Å². The van der Waals surface area contributed by atoms with Crippen LogP contribution in [0.4, 0.5) is 0 Å². The largest absolute Gasteiger partial charge is 0.369 e. The molecule has 0 aromatic rings. The predicted octanol–water partition coefficient (Wildman–Crippen LogP) is 2.18. The minimum Gasteiger partial charge on any atom is -0.369 e. The van der Waals surface area contributed by atoms with Crippen molar-refractivity contribution in [1.82, 2.24) is 0 Å². The molecular formula is C12H24NO+. The zero-order valence-corrected chi connectivity index (χ0v) is 9.67. The third-order valence-corrected chi connectivity index (χ3v) is 3.86. The Bertz CT molecular complexity index is 187. The third-order valence-electron chi connectivity index (χ3n) is 3.86. The molecule has 0 aliphatic carbocycles. The van der Waals surface area contributed by atoms with Crippen LogP contribution >= 0.6 is 0 Å². The molecule has 0 aromatic heterocycles. The van der Waals surface area contributed by atoms with E-state index in [9.17, 15) is 0 Å². The van der Waals surface area contributed by atoms with Crippen molar-refractivity contribution in [1.29, 1.82) is 0 Å². The van der Waals surface area contributed by atoms with Crippen LogP contribution in [0, 0.1) is 0 Å². The van der Waals surface area contributed by atoms with Gasteiger partial charge >= 0.3 is 0 Å². The summed E-state index contributed by atoms with van der Waals surface area (Å²) in [6, 6.07) is 0. The monoisotopic (exact) mass is 198 g/mol. The van der Waals surface area contributed by atoms with Crippen LogP contribution in [0.1, 0.15) is 39.0 Å². The highest BCUT2D eigenvalue weighted by molar-refractivity contribution is 4.70. The van der Waals surface area contributed by atoms with Crippen LogP contribution < -0.4 is 0 Å². The molecule has 0 radical (unpaired) electrons. The van der Waals surface area contributed by atoms with Crippen LogP contribution in [0.25, 0.3) is 0 Å². The first kappa shape index (κ1) is 10.4. The zero-order chi connectivity index (χ0) is 10.0. The van der Waals surface area contributed by atoms with E-state index in [2.05, 4.69) is 14.0 Å². The summed E-state index contributed by atoms with van der Waals surface area (Å²) in [5, 5.41) is 0. The maximum atomic E-state index is 5.91. The van der Waals surface area contributed by atoms with Gasteiger partial charge in [-0.1, -0.05) is 0 Å². The predicted molar refractivity (Wildman–Crippen MR) is 58.2 cm³/mol.